The minimum Gasteiger partial charge on any atom is -0.480 e. The molecule has 0 spiro atoms. The normalized spacial score (nSPS) is 16.2. The summed E-state index contributed by atoms with van der Waals surface area (Å²) in [5.41, 5.74) is 16.2. The number of carboxylic acid groups (broad SMARTS) is 2. The zero-order valence-corrected chi connectivity index (χ0v) is 26.4. The number of aromatic amines is 1. The van der Waals surface area contributed by atoms with E-state index in [9.17, 15) is 52.2 Å². The lowest BCUT2D eigenvalue weighted by Gasteiger charge is -2.25. The van der Waals surface area contributed by atoms with Gasteiger partial charge in [-0.2, -0.15) is 13.2 Å². The highest BCUT2D eigenvalue weighted by molar-refractivity contribution is 5.96. The van der Waals surface area contributed by atoms with Gasteiger partial charge >= 0.3 is 18.1 Å². The number of hydrogen-bond donors (Lipinski definition) is 12. The quantitative estimate of drug-likeness (QED) is 0.0385. The molecule has 5 amide bonds. The molecule has 2 rings (SSSR count). The topological polar surface area (TPSA) is 359 Å². The first-order chi connectivity index (χ1) is 23.3. The maximum atomic E-state index is 13.2. The summed E-state index contributed by atoms with van der Waals surface area (Å²) in [5, 5.41) is 38.9. The van der Waals surface area contributed by atoms with Crippen molar-refractivity contribution in [3.63, 3.8) is 0 Å². The van der Waals surface area contributed by atoms with Crippen molar-refractivity contribution in [2.24, 2.45) is 22.2 Å². The highest BCUT2D eigenvalue weighted by Crippen LogP contribution is 2.13. The molecule has 0 saturated carbocycles. The van der Waals surface area contributed by atoms with E-state index in [1.54, 1.807) is 0 Å². The first-order valence-corrected chi connectivity index (χ1v) is 14.7. The van der Waals surface area contributed by atoms with Gasteiger partial charge in [0.1, 0.15) is 24.2 Å². The summed E-state index contributed by atoms with van der Waals surface area (Å²) in [7, 11) is 0. The number of alkyl halides is 3. The number of nitrogens with zero attached hydrogens (tertiary/aromatic N) is 2. The van der Waals surface area contributed by atoms with Crippen LogP contribution in [0.5, 0.6) is 0 Å². The van der Waals surface area contributed by atoms with E-state index < -0.39 is 90.9 Å². The number of carbonyl (C=O) groups is 7. The number of aliphatic hydroxyl groups excluding tert-OH is 1. The van der Waals surface area contributed by atoms with E-state index in [1.165, 1.54) is 12.5 Å². The van der Waals surface area contributed by atoms with Gasteiger partial charge in [-0.25, -0.2) is 14.6 Å². The molecule has 0 unspecified atom stereocenters. The summed E-state index contributed by atoms with van der Waals surface area (Å²) >= 11 is 0. The van der Waals surface area contributed by atoms with E-state index in [0.717, 1.165) is 6.42 Å². The Morgan fingerprint density at radius 1 is 0.940 bits per heavy atom. The van der Waals surface area contributed by atoms with Crippen LogP contribution in [0.4, 0.5) is 13.2 Å². The number of hydrogen-bond acceptors (Lipinski definition) is 11. The van der Waals surface area contributed by atoms with Crippen LogP contribution in [-0.4, -0.2) is 129 Å². The number of nitrogens with one attached hydrogen (secondary N) is 6. The molecule has 1 aromatic rings. The van der Waals surface area contributed by atoms with E-state index in [0.29, 0.717) is 18.7 Å². The van der Waals surface area contributed by atoms with Gasteiger partial charge in [0.05, 0.1) is 25.4 Å². The van der Waals surface area contributed by atoms with Crippen LogP contribution in [0.25, 0.3) is 0 Å². The fraction of sp³-hybridized carbons (Fsp3) is 0.577. The number of carboxylic acids is 2. The maximum Gasteiger partial charge on any atom is 0.490 e. The number of primary amides is 1. The molecular formula is C26H40F3N11O10. The predicted molar refractivity (Wildman–Crippen MR) is 163 cm³/mol. The Balaban J connectivity index is 0.00000161. The Morgan fingerprint density at radius 3 is 2.00 bits per heavy atom. The van der Waals surface area contributed by atoms with Gasteiger partial charge in [-0.1, -0.05) is 0 Å². The molecule has 2 heterocycles. The van der Waals surface area contributed by atoms with Crippen LogP contribution in [0.3, 0.4) is 0 Å². The first kappa shape index (κ1) is 42.5. The highest BCUT2D eigenvalue weighted by atomic mass is 19.4. The van der Waals surface area contributed by atoms with E-state index in [-0.39, 0.29) is 31.8 Å². The molecular weight excluding hydrogens is 683 g/mol. The van der Waals surface area contributed by atoms with Gasteiger partial charge in [-0.3, -0.25) is 29.0 Å². The molecule has 0 aromatic carbocycles. The van der Waals surface area contributed by atoms with Crippen LogP contribution in [0, 0.1) is 0 Å². The number of amides is 5. The Hall–Kier alpha value is -5.52. The lowest BCUT2D eigenvalue weighted by atomic mass is 10.1. The van der Waals surface area contributed by atoms with Crippen LogP contribution in [0.15, 0.2) is 17.5 Å². The molecule has 0 radical (unpaired) electrons. The summed E-state index contributed by atoms with van der Waals surface area (Å²) < 4.78 is 31.7. The number of carbonyl (C=O) groups excluding carboxylic acids is 5. The minimum absolute atomic E-state index is 0.00365. The fourth-order valence-corrected chi connectivity index (χ4v) is 4.19. The number of aliphatic imine (C=N–C) groups is 1. The number of aromatic nitrogens is 2. The molecule has 1 aliphatic heterocycles. The van der Waals surface area contributed by atoms with Crippen molar-refractivity contribution in [1.29, 1.82) is 0 Å². The van der Waals surface area contributed by atoms with Crippen LogP contribution < -0.4 is 43.8 Å². The lowest BCUT2D eigenvalue weighted by Crippen LogP contribution is -2.59. The second-order valence-electron chi connectivity index (χ2n) is 10.6. The number of aliphatic carboxylic acids is 2. The van der Waals surface area contributed by atoms with Gasteiger partial charge in [0.2, 0.25) is 29.5 Å². The van der Waals surface area contributed by atoms with Crippen molar-refractivity contribution in [2.45, 2.75) is 74.9 Å². The van der Waals surface area contributed by atoms with E-state index in [4.69, 9.17) is 27.1 Å². The molecule has 1 fully saturated rings. The zero-order valence-electron chi connectivity index (χ0n) is 26.4. The van der Waals surface area contributed by atoms with Gasteiger partial charge in [0.25, 0.3) is 0 Å². The maximum absolute atomic E-state index is 13.2. The summed E-state index contributed by atoms with van der Waals surface area (Å²) in [6.45, 7) is -0.163. The van der Waals surface area contributed by atoms with Gasteiger partial charge in [-0.15, -0.1) is 0 Å². The smallest absolute Gasteiger partial charge is 0.480 e. The molecule has 50 heavy (non-hydrogen) atoms. The average Bonchev–Trinajstić information content (AvgIpc) is 3.75. The molecule has 0 aliphatic carbocycles. The van der Waals surface area contributed by atoms with Crippen LogP contribution in [-0.2, 0) is 40.0 Å². The van der Waals surface area contributed by atoms with Crippen molar-refractivity contribution in [3.8, 4) is 0 Å². The average molecular weight is 724 g/mol. The second kappa shape index (κ2) is 20.8. The van der Waals surface area contributed by atoms with Gasteiger partial charge in [-0.05, 0) is 32.2 Å². The van der Waals surface area contributed by atoms with Gasteiger partial charge in [0.15, 0.2) is 5.96 Å². The number of nitrogens with two attached hydrogens (primary N) is 3. The van der Waals surface area contributed by atoms with Crippen molar-refractivity contribution in [1.82, 2.24) is 36.6 Å². The molecule has 5 atom stereocenters. The molecule has 1 aromatic heterocycles. The number of aliphatic hydroxyl groups is 1. The number of imidazole rings is 1. The Labute approximate surface area is 281 Å². The summed E-state index contributed by atoms with van der Waals surface area (Å²) in [6.07, 6.45) is -1.49. The summed E-state index contributed by atoms with van der Waals surface area (Å²) in [4.78, 5) is 94.1. The van der Waals surface area contributed by atoms with Crippen LogP contribution >= 0.6 is 0 Å². The summed E-state index contributed by atoms with van der Waals surface area (Å²) in [5.74, 6) is -8.64. The molecule has 1 aliphatic rings. The first-order valence-electron chi connectivity index (χ1n) is 14.7. The van der Waals surface area contributed by atoms with Crippen LogP contribution in [0.2, 0.25) is 0 Å². The van der Waals surface area contributed by atoms with Crippen molar-refractivity contribution in [3.05, 3.63) is 18.2 Å². The molecule has 1 saturated heterocycles. The monoisotopic (exact) mass is 723 g/mol. The Kier molecular flexibility index (Phi) is 17.6. The minimum atomic E-state index is -5.08. The third-order valence-corrected chi connectivity index (χ3v) is 6.64. The largest absolute Gasteiger partial charge is 0.490 e. The van der Waals surface area contributed by atoms with Gasteiger partial charge < -0.3 is 64.1 Å². The molecule has 0 bridgehead atoms. The molecule has 21 nitrogen and oxygen atoms in total. The standard InChI is InChI=1S/C24H39N11O8.C2HF3O2/c25-18(37)8-16(23(42)43)34-20(39)14(4-2-6-30-24(26)27)32-22(41)17(10-36)35-21(40)15(7-12-9-28-11-31-12)33-19(38)13-3-1-5-29-13;3-2(4,5)1(6)7/h9,11,13-17,29,36H,1-8,10H2,(H2,25,37)(H,28,31)(H,32,41)(H,33,38)(H,34,39)(H,35,40)(H,42,43)(H4,26,27,30);(H,6,7)/t13-,14-,15-,16-,17-;/m0./s1. The third kappa shape index (κ3) is 16.1. The zero-order chi connectivity index (χ0) is 38.0. The number of rotatable bonds is 18. The number of halogens is 3. The number of guanidine groups is 1. The fourth-order valence-electron chi connectivity index (χ4n) is 4.19. The lowest BCUT2D eigenvalue weighted by molar-refractivity contribution is -0.192. The van der Waals surface area contributed by atoms with E-state index in [2.05, 4.69) is 41.5 Å². The second-order valence-corrected chi connectivity index (χ2v) is 10.6. The third-order valence-electron chi connectivity index (χ3n) is 6.64. The van der Waals surface area contributed by atoms with Crippen LogP contribution in [0.1, 0.15) is 37.8 Å². The number of H-pyrrole nitrogens is 1. The van der Waals surface area contributed by atoms with E-state index >= 15 is 0 Å². The van der Waals surface area contributed by atoms with Crippen molar-refractivity contribution >= 4 is 47.4 Å². The highest BCUT2D eigenvalue weighted by Gasteiger charge is 2.38. The van der Waals surface area contributed by atoms with E-state index in [1.807, 2.05) is 0 Å². The molecule has 24 heteroatoms. The Bertz CT molecular complexity index is 1350. The molecule has 15 N–H and O–H groups in total. The summed E-state index contributed by atoms with van der Waals surface area (Å²) in [6, 6.07) is -6.25. The SMILES string of the molecule is NC(=O)C[C@H](NC(=O)[C@H](CCCN=C(N)N)NC(=O)[C@H](CO)NC(=O)[C@H](Cc1cnc[nH]1)NC(=O)[C@@H]1CCCN1)C(=O)O.O=C(O)C(F)(F)F. The predicted octanol–water partition coefficient (Wildman–Crippen LogP) is -4.72. The van der Waals surface area contributed by atoms with Crippen molar-refractivity contribution < 1.29 is 62.1 Å². The van der Waals surface area contributed by atoms with Crippen molar-refractivity contribution in [2.75, 3.05) is 19.7 Å². The Morgan fingerprint density at radius 2 is 1.52 bits per heavy atom. The van der Waals surface area contributed by atoms with Gasteiger partial charge in [0, 0.05) is 24.9 Å². The molecule has 280 valence electrons.